The van der Waals surface area contributed by atoms with Gasteiger partial charge in [-0.3, -0.25) is 14.3 Å². The number of aryl methyl sites for hydroxylation is 1. The van der Waals surface area contributed by atoms with Crippen molar-refractivity contribution < 1.29 is 14.7 Å². The molecule has 1 aliphatic heterocycles. The number of amides is 1. The number of fused-ring (bicyclic) bond motifs is 1. The van der Waals surface area contributed by atoms with E-state index < -0.39 is 11.4 Å². The van der Waals surface area contributed by atoms with Crippen LogP contribution in [0.3, 0.4) is 0 Å². The number of rotatable bonds is 3. The number of aliphatic carboxylic acids is 1. The Hall–Kier alpha value is -1.85. The van der Waals surface area contributed by atoms with Gasteiger partial charge in [-0.1, -0.05) is 20.3 Å². The molecule has 1 aromatic heterocycles. The van der Waals surface area contributed by atoms with Crippen LogP contribution in [0.2, 0.25) is 0 Å². The second-order valence-electron chi connectivity index (χ2n) is 6.97. The molecule has 0 unspecified atom stereocenters. The van der Waals surface area contributed by atoms with Gasteiger partial charge in [0.2, 0.25) is 0 Å². The topological polar surface area (TPSA) is 75.4 Å². The summed E-state index contributed by atoms with van der Waals surface area (Å²) >= 11 is 0. The van der Waals surface area contributed by atoms with Crippen molar-refractivity contribution in [1.82, 2.24) is 14.7 Å². The SMILES string of the molecule is CC(C)c1cc(C(=O)N2C[C@@H]3CCC[C@@]3(C(=O)O)C2)nn1C. The molecule has 2 atom stereocenters. The van der Waals surface area contributed by atoms with Gasteiger partial charge in [-0.25, -0.2) is 0 Å². The first-order valence-electron chi connectivity index (χ1n) is 7.92. The van der Waals surface area contributed by atoms with Gasteiger partial charge in [-0.2, -0.15) is 5.10 Å². The molecule has 1 aliphatic carbocycles. The normalized spacial score (nSPS) is 27.5. The number of hydrogen-bond acceptors (Lipinski definition) is 3. The zero-order valence-corrected chi connectivity index (χ0v) is 13.4. The lowest BCUT2D eigenvalue weighted by molar-refractivity contribution is -0.149. The maximum Gasteiger partial charge on any atom is 0.311 e. The van der Waals surface area contributed by atoms with Crippen LogP contribution in [-0.2, 0) is 11.8 Å². The fourth-order valence-corrected chi connectivity index (χ4v) is 4.08. The third kappa shape index (κ3) is 2.12. The third-order valence-electron chi connectivity index (χ3n) is 5.31. The van der Waals surface area contributed by atoms with Crippen LogP contribution in [0.25, 0.3) is 0 Å². The van der Waals surface area contributed by atoms with E-state index in [1.165, 1.54) is 0 Å². The van der Waals surface area contributed by atoms with E-state index in [-0.39, 0.29) is 11.8 Å². The van der Waals surface area contributed by atoms with Gasteiger partial charge in [-0.05, 0) is 30.7 Å². The van der Waals surface area contributed by atoms with E-state index in [9.17, 15) is 14.7 Å². The van der Waals surface area contributed by atoms with Crippen molar-refractivity contribution in [2.45, 2.75) is 39.0 Å². The van der Waals surface area contributed by atoms with Gasteiger partial charge >= 0.3 is 5.97 Å². The summed E-state index contributed by atoms with van der Waals surface area (Å²) in [5.41, 5.74) is 0.702. The summed E-state index contributed by atoms with van der Waals surface area (Å²) in [6.45, 7) is 4.98. The summed E-state index contributed by atoms with van der Waals surface area (Å²) in [5.74, 6) is -0.517. The Morgan fingerprint density at radius 2 is 2.18 bits per heavy atom. The van der Waals surface area contributed by atoms with E-state index in [4.69, 9.17) is 0 Å². The number of aromatic nitrogens is 2. The molecule has 1 N–H and O–H groups in total. The van der Waals surface area contributed by atoms with Crippen molar-refractivity contribution in [3.05, 3.63) is 17.5 Å². The smallest absolute Gasteiger partial charge is 0.311 e. The molecule has 2 fully saturated rings. The first kappa shape index (κ1) is 15.1. The highest BCUT2D eigenvalue weighted by molar-refractivity contribution is 5.93. The monoisotopic (exact) mass is 305 g/mol. The molecular weight excluding hydrogens is 282 g/mol. The molecule has 1 amide bonds. The lowest BCUT2D eigenvalue weighted by Gasteiger charge is -2.23. The van der Waals surface area contributed by atoms with E-state index in [0.29, 0.717) is 31.1 Å². The second-order valence-corrected chi connectivity index (χ2v) is 6.97. The predicted octanol–water partition coefficient (Wildman–Crippen LogP) is 1.87. The van der Waals surface area contributed by atoms with Crippen LogP contribution in [0.4, 0.5) is 0 Å². The van der Waals surface area contributed by atoms with Gasteiger partial charge in [0.05, 0.1) is 5.41 Å². The van der Waals surface area contributed by atoms with Gasteiger partial charge in [0.1, 0.15) is 0 Å². The van der Waals surface area contributed by atoms with Crippen LogP contribution in [-0.4, -0.2) is 44.8 Å². The molecular formula is C16H23N3O3. The van der Waals surface area contributed by atoms with Crippen LogP contribution in [0.15, 0.2) is 6.07 Å². The van der Waals surface area contributed by atoms with E-state index >= 15 is 0 Å². The predicted molar refractivity (Wildman–Crippen MR) is 80.6 cm³/mol. The van der Waals surface area contributed by atoms with Gasteiger partial charge in [0.15, 0.2) is 5.69 Å². The van der Waals surface area contributed by atoms with Crippen LogP contribution < -0.4 is 0 Å². The highest BCUT2D eigenvalue weighted by Gasteiger charge is 2.56. The molecule has 6 nitrogen and oxygen atoms in total. The number of hydrogen-bond donors (Lipinski definition) is 1. The molecule has 0 radical (unpaired) electrons. The Labute approximate surface area is 130 Å². The minimum Gasteiger partial charge on any atom is -0.481 e. The zero-order valence-electron chi connectivity index (χ0n) is 13.4. The van der Waals surface area contributed by atoms with Gasteiger partial charge in [0, 0.05) is 25.8 Å². The minimum atomic E-state index is -0.755. The van der Waals surface area contributed by atoms with Gasteiger partial charge in [-0.15, -0.1) is 0 Å². The molecule has 0 bridgehead atoms. The van der Waals surface area contributed by atoms with E-state index in [0.717, 1.165) is 18.5 Å². The van der Waals surface area contributed by atoms with Crippen molar-refractivity contribution in [3.8, 4) is 0 Å². The van der Waals surface area contributed by atoms with Crippen LogP contribution in [0.1, 0.15) is 55.2 Å². The molecule has 120 valence electrons. The van der Waals surface area contributed by atoms with Crippen LogP contribution in [0.5, 0.6) is 0 Å². The van der Waals surface area contributed by atoms with E-state index in [1.54, 1.807) is 9.58 Å². The largest absolute Gasteiger partial charge is 0.481 e. The molecule has 2 aliphatic rings. The standard InChI is InChI=1S/C16H23N3O3/c1-10(2)13-7-12(17-18(13)3)14(20)19-8-11-5-4-6-16(11,9-19)15(21)22/h7,10-11H,4-6,8-9H2,1-3H3,(H,21,22)/t11-,16+/m0/s1. The van der Waals surface area contributed by atoms with Crippen molar-refractivity contribution in [2.24, 2.45) is 18.4 Å². The first-order chi connectivity index (χ1) is 10.3. The quantitative estimate of drug-likeness (QED) is 0.925. The average Bonchev–Trinajstić information content (AvgIpc) is 3.08. The average molecular weight is 305 g/mol. The summed E-state index contributed by atoms with van der Waals surface area (Å²) in [7, 11) is 1.84. The third-order valence-corrected chi connectivity index (χ3v) is 5.31. The summed E-state index contributed by atoms with van der Waals surface area (Å²) in [6, 6.07) is 1.83. The number of nitrogens with zero attached hydrogens (tertiary/aromatic N) is 3. The highest BCUT2D eigenvalue weighted by atomic mass is 16.4. The van der Waals surface area contributed by atoms with Gasteiger partial charge in [0.25, 0.3) is 5.91 Å². The molecule has 22 heavy (non-hydrogen) atoms. The summed E-state index contributed by atoms with van der Waals surface area (Å²) in [4.78, 5) is 26.1. The van der Waals surface area contributed by atoms with Crippen LogP contribution in [0, 0.1) is 11.3 Å². The zero-order chi connectivity index (χ0) is 16.1. The minimum absolute atomic E-state index is 0.0854. The molecule has 0 aromatic carbocycles. The molecule has 6 heteroatoms. The number of carbonyl (C=O) groups excluding carboxylic acids is 1. The Bertz CT molecular complexity index is 622. The summed E-state index contributed by atoms with van der Waals surface area (Å²) in [6.07, 6.45) is 2.52. The Morgan fingerprint density at radius 1 is 1.45 bits per heavy atom. The maximum absolute atomic E-state index is 12.7. The number of carbonyl (C=O) groups is 2. The molecule has 0 spiro atoms. The van der Waals surface area contributed by atoms with Crippen molar-refractivity contribution in [3.63, 3.8) is 0 Å². The lowest BCUT2D eigenvalue weighted by atomic mass is 9.81. The lowest BCUT2D eigenvalue weighted by Crippen LogP contribution is -2.37. The maximum atomic E-state index is 12.7. The Kier molecular flexibility index (Phi) is 3.50. The van der Waals surface area contributed by atoms with E-state index in [2.05, 4.69) is 18.9 Å². The summed E-state index contributed by atoms with van der Waals surface area (Å²) in [5, 5.41) is 13.9. The fraction of sp³-hybridized carbons (Fsp3) is 0.688. The first-order valence-corrected chi connectivity index (χ1v) is 7.92. The molecule has 1 aromatic rings. The Balaban J connectivity index is 1.83. The fourth-order valence-electron chi connectivity index (χ4n) is 4.08. The molecule has 1 saturated heterocycles. The number of likely N-dealkylation sites (tertiary alicyclic amines) is 1. The van der Waals surface area contributed by atoms with Gasteiger partial charge < -0.3 is 10.0 Å². The summed E-state index contributed by atoms with van der Waals surface area (Å²) < 4.78 is 1.74. The highest BCUT2D eigenvalue weighted by Crippen LogP contribution is 2.49. The van der Waals surface area contributed by atoms with Crippen molar-refractivity contribution in [2.75, 3.05) is 13.1 Å². The van der Waals surface area contributed by atoms with Crippen molar-refractivity contribution >= 4 is 11.9 Å². The van der Waals surface area contributed by atoms with E-state index in [1.807, 2.05) is 13.1 Å². The number of carboxylic acid groups (broad SMARTS) is 1. The van der Waals surface area contributed by atoms with Crippen LogP contribution >= 0.6 is 0 Å². The molecule has 1 saturated carbocycles. The second kappa shape index (κ2) is 5.11. The Morgan fingerprint density at radius 3 is 2.73 bits per heavy atom. The van der Waals surface area contributed by atoms with Crippen molar-refractivity contribution in [1.29, 1.82) is 0 Å². The molecule has 2 heterocycles. The number of carboxylic acids is 1. The molecule has 3 rings (SSSR count).